The number of halogens is 1. The molecule has 3 saturated carbocycles. The van der Waals surface area contributed by atoms with Crippen LogP contribution in [-0.2, 0) is 9.59 Å². The van der Waals surface area contributed by atoms with E-state index in [4.69, 9.17) is 19.8 Å². The summed E-state index contributed by atoms with van der Waals surface area (Å²) in [5.41, 5.74) is 2.34. The van der Waals surface area contributed by atoms with Crippen LogP contribution in [0.1, 0.15) is 64.2 Å². The first kappa shape index (κ1) is 57.1. The summed E-state index contributed by atoms with van der Waals surface area (Å²) in [6.07, 6.45) is 13.6. The van der Waals surface area contributed by atoms with E-state index in [9.17, 15) is 0 Å². The first-order valence-electron chi connectivity index (χ1n) is 27.0. The summed E-state index contributed by atoms with van der Waals surface area (Å²) in [5.74, 6) is -4.37. The van der Waals surface area contributed by atoms with E-state index in [1.807, 2.05) is 0 Å². The van der Waals surface area contributed by atoms with Gasteiger partial charge in [0, 0.05) is 0 Å². The third-order valence-electron chi connectivity index (χ3n) is 15.8. The average Bonchev–Trinajstić information content (AvgIpc) is 4.03. The third kappa shape index (κ3) is 12.5. The van der Waals surface area contributed by atoms with E-state index in [0.717, 1.165) is 17.0 Å². The van der Waals surface area contributed by atoms with Crippen molar-refractivity contribution in [3.05, 3.63) is 273 Å². The Morgan fingerprint density at radius 3 is 0.481 bits per heavy atom. The Kier molecular flexibility index (Phi) is 20.8. The molecule has 0 saturated heterocycles. The van der Waals surface area contributed by atoms with E-state index < -0.39 is 33.7 Å². The van der Waals surface area contributed by atoms with Crippen LogP contribution in [0, 0.1) is 0 Å². The third-order valence-corrected chi connectivity index (χ3v) is 30.6. The summed E-state index contributed by atoms with van der Waals surface area (Å²) < 4.78 is 0. The van der Waals surface area contributed by atoms with Gasteiger partial charge in [-0.25, -0.2) is 0 Å². The summed E-state index contributed by atoms with van der Waals surface area (Å²) >= 11 is 0. The fraction of sp³-hybridized carbons (Fsp3) is 0.188. The van der Waals surface area contributed by atoms with Crippen molar-refractivity contribution >= 4 is 81.5 Å². The van der Waals surface area contributed by atoms with Gasteiger partial charge in [0.2, 0.25) is 0 Å². The lowest BCUT2D eigenvalue weighted by Gasteiger charge is -2.39. The van der Waals surface area contributed by atoms with Gasteiger partial charge in [-0.3, -0.25) is 0 Å². The van der Waals surface area contributed by atoms with E-state index in [-0.39, 0.29) is 24.0 Å². The van der Waals surface area contributed by atoms with Crippen LogP contribution in [0.4, 0.5) is 0 Å². The van der Waals surface area contributed by atoms with Crippen molar-refractivity contribution in [2.24, 2.45) is 0 Å². The Bertz CT molecular complexity index is 2710. The summed E-state index contributed by atoms with van der Waals surface area (Å²) in [5, 5.41) is 31.6. The largest absolute Gasteiger partial charge is 1.00 e. The van der Waals surface area contributed by atoms with Crippen LogP contribution in [0.15, 0.2) is 273 Å². The number of benzene rings is 9. The molecular weight excluding hydrogens is 1110 g/mol. The molecule has 0 N–H and O–H groups in total. The highest BCUT2D eigenvalue weighted by Gasteiger charge is 2.56. The maximum Gasteiger partial charge on any atom is 0.115 e. The zero-order valence-electron chi connectivity index (χ0n) is 43.6. The van der Waals surface area contributed by atoms with Crippen LogP contribution >= 0.6 is 21.8 Å². The number of carboxylic acid groups (broad SMARTS) is 2. The van der Waals surface area contributed by atoms with Crippen molar-refractivity contribution in [3.8, 4) is 0 Å². The fourth-order valence-corrected chi connectivity index (χ4v) is 27.7. The Hall–Kier alpha value is -6.06. The monoisotopic (exact) mass is 1180 g/mol. The minimum absolute atomic E-state index is 0. The maximum absolute atomic E-state index is 8.93. The molecule has 390 valence electrons. The number of carbonyl (C=O) groups excluding carboxylic acids is 2. The smallest absolute Gasteiger partial charge is 0.115 e. The molecule has 0 bridgehead atoms. The summed E-state index contributed by atoms with van der Waals surface area (Å²) in [7, 11) is -4.72. The van der Waals surface area contributed by atoms with Crippen molar-refractivity contribution < 1.29 is 43.8 Å². The zero-order chi connectivity index (χ0) is 52.5. The second-order valence-corrected chi connectivity index (χ2v) is 31.0. The van der Waals surface area contributed by atoms with Crippen molar-refractivity contribution in [2.75, 3.05) is 0 Å². The normalized spacial score (nSPS) is 14.4. The summed E-state index contributed by atoms with van der Waals surface area (Å²) in [6, 6.07) is 101. The SMILES string of the molecule is O=C([O-])C(=O)[O-].[I-].c1ccc([P+](c2ccccc2)(c2ccccc2)C2CCC2)cc1.c1ccc([P+](c2ccccc2)(c2ccccc2)C2CCC2)cc1.c1ccc([P+](c2ccccc2)(c2ccccc2)C2CCCC2)cc1. The molecule has 0 spiro atoms. The summed E-state index contributed by atoms with van der Waals surface area (Å²) in [4.78, 5) is 17.9. The molecule has 77 heavy (non-hydrogen) atoms. The molecule has 3 aliphatic rings. The van der Waals surface area contributed by atoms with Crippen molar-refractivity contribution in [2.45, 2.75) is 81.2 Å². The van der Waals surface area contributed by atoms with Gasteiger partial charge in [-0.05, 0) is 173 Å². The van der Waals surface area contributed by atoms with Gasteiger partial charge in [0.1, 0.15) is 69.5 Å². The van der Waals surface area contributed by atoms with E-state index in [1.54, 1.807) is 0 Å². The molecule has 3 fully saturated rings. The standard InChI is InChI=1S/C23H24P.2C22H22P.C2H2O4.HI/c1-4-12-20(13-5-1)24(23-18-10-11-19-23,21-14-6-2-7-15-21)22-16-8-3-9-17-22;2*1-4-11-19(12-5-1)23(22-17-10-18-22,20-13-6-2-7-14-20)21-15-8-3-9-16-21;3-1(4)2(5)6;/h1-9,12-17,23H,10-11,18-19H2;2*1-9,11-16,22H,10,17-18H2;(H,3,4)(H,5,6);1H/q3*+1;;/p-3. The number of hydrogen-bond acceptors (Lipinski definition) is 4. The lowest BCUT2D eigenvalue weighted by atomic mass is 10.00. The molecule has 9 aromatic carbocycles. The van der Waals surface area contributed by atoms with Gasteiger partial charge in [-0.1, -0.05) is 164 Å². The van der Waals surface area contributed by atoms with E-state index in [2.05, 4.69) is 273 Å². The highest BCUT2D eigenvalue weighted by molar-refractivity contribution is 7.97. The van der Waals surface area contributed by atoms with E-state index in [1.165, 1.54) is 112 Å². The highest BCUT2D eigenvalue weighted by Crippen LogP contribution is 2.67. The molecule has 8 heteroatoms. The predicted molar refractivity (Wildman–Crippen MR) is 323 cm³/mol. The molecule has 0 amide bonds. The van der Waals surface area contributed by atoms with Gasteiger partial charge in [-0.2, -0.15) is 0 Å². The topological polar surface area (TPSA) is 80.3 Å². The van der Waals surface area contributed by atoms with Crippen molar-refractivity contribution in [1.82, 2.24) is 0 Å². The quantitative estimate of drug-likeness (QED) is 0.0723. The minimum Gasteiger partial charge on any atom is -1.00 e. The highest BCUT2D eigenvalue weighted by atomic mass is 127. The van der Waals surface area contributed by atoms with Crippen LogP contribution < -0.4 is 81.9 Å². The van der Waals surface area contributed by atoms with Gasteiger partial charge >= 0.3 is 0 Å². The van der Waals surface area contributed by atoms with Gasteiger partial charge in [0.05, 0.1) is 28.9 Å². The number of hydrogen-bond donors (Lipinski definition) is 0. The fourth-order valence-electron chi connectivity index (χ4n) is 12.0. The molecular formula is C69H68IO4P3. The number of carboxylic acids is 2. The molecule has 0 radical (unpaired) electrons. The van der Waals surface area contributed by atoms with Crippen LogP contribution in [0.5, 0.6) is 0 Å². The molecule has 0 atom stereocenters. The number of rotatable bonds is 12. The number of carbonyl (C=O) groups is 2. The molecule has 4 nitrogen and oxygen atoms in total. The molecule has 3 aliphatic carbocycles. The lowest BCUT2D eigenvalue weighted by molar-refractivity contribution is -0.345. The van der Waals surface area contributed by atoms with E-state index >= 15 is 0 Å². The molecule has 0 aromatic heterocycles. The number of aliphatic carboxylic acids is 2. The van der Waals surface area contributed by atoms with Gasteiger partial charge in [0.15, 0.2) is 0 Å². The zero-order valence-corrected chi connectivity index (χ0v) is 48.5. The lowest BCUT2D eigenvalue weighted by Crippen LogP contribution is -3.00. The van der Waals surface area contributed by atoms with Gasteiger partial charge in [0.25, 0.3) is 0 Å². The van der Waals surface area contributed by atoms with Crippen LogP contribution in [0.2, 0.25) is 0 Å². The second kappa shape index (κ2) is 28.0. The Morgan fingerprint density at radius 2 is 0.377 bits per heavy atom. The molecule has 12 rings (SSSR count). The predicted octanol–water partition coefficient (Wildman–Crippen LogP) is 7.48. The van der Waals surface area contributed by atoms with Crippen LogP contribution in [0.25, 0.3) is 0 Å². The average molecular weight is 1180 g/mol. The van der Waals surface area contributed by atoms with Crippen LogP contribution in [-0.4, -0.2) is 28.9 Å². The van der Waals surface area contributed by atoms with Crippen molar-refractivity contribution in [1.29, 1.82) is 0 Å². The Morgan fingerprint density at radius 1 is 0.247 bits per heavy atom. The Labute approximate surface area is 476 Å². The first-order chi connectivity index (χ1) is 37.4. The molecule has 0 heterocycles. The molecule has 9 aromatic rings. The molecule has 0 unspecified atom stereocenters. The van der Waals surface area contributed by atoms with Gasteiger partial charge < -0.3 is 43.8 Å². The maximum atomic E-state index is 8.93. The van der Waals surface area contributed by atoms with Gasteiger partial charge in [-0.15, -0.1) is 0 Å². The second-order valence-electron chi connectivity index (χ2n) is 19.9. The first-order valence-corrected chi connectivity index (χ1v) is 32.6. The van der Waals surface area contributed by atoms with Crippen LogP contribution in [0.3, 0.4) is 0 Å². The minimum atomic E-state index is -2.19. The molecule has 0 aliphatic heterocycles. The summed E-state index contributed by atoms with van der Waals surface area (Å²) in [6.45, 7) is 0. The van der Waals surface area contributed by atoms with Crippen molar-refractivity contribution in [3.63, 3.8) is 0 Å². The Balaban J connectivity index is 0.000000144. The van der Waals surface area contributed by atoms with E-state index in [0.29, 0.717) is 0 Å².